The first-order valence-electron chi connectivity index (χ1n) is 7.50. The van der Waals surface area contributed by atoms with Gasteiger partial charge in [0, 0.05) is 19.3 Å². The van der Waals surface area contributed by atoms with Crippen LogP contribution in [0.5, 0.6) is 0 Å². The van der Waals surface area contributed by atoms with E-state index in [1.165, 1.54) is 0 Å². The highest BCUT2D eigenvalue weighted by atomic mass is 16.7. The molecule has 0 N–H and O–H groups in total. The minimum Gasteiger partial charge on any atom is -0.348 e. The molecule has 1 saturated heterocycles. The Morgan fingerprint density at radius 2 is 1.95 bits per heavy atom. The Morgan fingerprint density at radius 3 is 2.47 bits per heavy atom. The van der Waals surface area contributed by atoms with Crippen LogP contribution in [0.3, 0.4) is 0 Å². The van der Waals surface area contributed by atoms with Gasteiger partial charge >= 0.3 is 0 Å². The first kappa shape index (κ1) is 14.7. The fraction of sp³-hybridized carbons (Fsp3) is 0.812. The summed E-state index contributed by atoms with van der Waals surface area (Å²) in [5.41, 5.74) is 0. The van der Waals surface area contributed by atoms with Crippen molar-refractivity contribution < 1.29 is 14.3 Å². The molecule has 3 heteroatoms. The number of rotatable bonds is 5. The third kappa shape index (κ3) is 3.90. The Hall–Kier alpha value is -0.670. The van der Waals surface area contributed by atoms with Crippen LogP contribution >= 0.6 is 0 Å². The standard InChI is InChI=1S/C16H26O3/c1-12(2)10-16(18-8-9-19-16)11-13(3)14-4-6-15(17)7-5-14/h4,6,12-14H,5,7-11H2,1-3H3/t13-,14-/m0/s1. The normalized spacial score (nSPS) is 28.0. The average molecular weight is 266 g/mol. The van der Waals surface area contributed by atoms with E-state index in [4.69, 9.17) is 9.47 Å². The second-order valence-electron chi connectivity index (χ2n) is 6.41. The van der Waals surface area contributed by atoms with Gasteiger partial charge in [-0.05, 0) is 30.3 Å². The number of carbonyl (C=O) groups excluding carboxylic acids is 1. The van der Waals surface area contributed by atoms with E-state index >= 15 is 0 Å². The van der Waals surface area contributed by atoms with E-state index in [9.17, 15) is 4.79 Å². The number of carbonyl (C=O) groups is 1. The first-order chi connectivity index (χ1) is 9.01. The molecule has 0 bridgehead atoms. The maximum atomic E-state index is 11.2. The largest absolute Gasteiger partial charge is 0.348 e. The van der Waals surface area contributed by atoms with E-state index < -0.39 is 0 Å². The summed E-state index contributed by atoms with van der Waals surface area (Å²) < 4.78 is 11.8. The highest BCUT2D eigenvalue weighted by Gasteiger charge is 2.39. The number of ether oxygens (including phenoxy) is 2. The van der Waals surface area contributed by atoms with E-state index in [0.29, 0.717) is 37.4 Å². The Morgan fingerprint density at radius 1 is 1.26 bits per heavy atom. The van der Waals surface area contributed by atoms with Gasteiger partial charge in [0.25, 0.3) is 0 Å². The molecule has 0 amide bonds. The molecular weight excluding hydrogens is 240 g/mol. The van der Waals surface area contributed by atoms with Crippen LogP contribution in [0.1, 0.15) is 46.5 Å². The van der Waals surface area contributed by atoms with Crippen LogP contribution in [-0.2, 0) is 14.3 Å². The molecule has 3 nitrogen and oxygen atoms in total. The third-order valence-corrected chi connectivity index (χ3v) is 4.15. The molecule has 1 heterocycles. The molecular formula is C16H26O3. The molecule has 0 aromatic rings. The molecule has 19 heavy (non-hydrogen) atoms. The molecule has 0 aromatic carbocycles. The van der Waals surface area contributed by atoms with Gasteiger partial charge in [0.15, 0.2) is 11.6 Å². The van der Waals surface area contributed by atoms with Crippen LogP contribution < -0.4 is 0 Å². The minimum atomic E-state index is -0.386. The lowest BCUT2D eigenvalue weighted by Crippen LogP contribution is -2.35. The predicted octanol–water partition coefficient (Wildman–Crippen LogP) is 3.34. The van der Waals surface area contributed by atoms with Gasteiger partial charge < -0.3 is 9.47 Å². The third-order valence-electron chi connectivity index (χ3n) is 4.15. The Bertz CT molecular complexity index is 340. The molecule has 0 saturated carbocycles. The lowest BCUT2D eigenvalue weighted by Gasteiger charge is -2.34. The summed E-state index contributed by atoms with van der Waals surface area (Å²) >= 11 is 0. The average Bonchev–Trinajstić information content (AvgIpc) is 2.77. The molecule has 0 aromatic heterocycles. The van der Waals surface area contributed by atoms with Crippen molar-refractivity contribution in [2.24, 2.45) is 17.8 Å². The van der Waals surface area contributed by atoms with Gasteiger partial charge in [-0.25, -0.2) is 0 Å². The second-order valence-corrected chi connectivity index (χ2v) is 6.41. The van der Waals surface area contributed by atoms with E-state index in [0.717, 1.165) is 19.3 Å². The Kier molecular flexibility index (Phi) is 4.80. The van der Waals surface area contributed by atoms with Crippen molar-refractivity contribution in [3.63, 3.8) is 0 Å². The lowest BCUT2D eigenvalue weighted by molar-refractivity contribution is -0.181. The summed E-state index contributed by atoms with van der Waals surface area (Å²) in [5, 5.41) is 0. The van der Waals surface area contributed by atoms with Gasteiger partial charge in [-0.15, -0.1) is 0 Å². The van der Waals surface area contributed by atoms with Crippen molar-refractivity contribution >= 4 is 5.78 Å². The zero-order chi connectivity index (χ0) is 13.9. The van der Waals surface area contributed by atoms with E-state index in [-0.39, 0.29) is 11.6 Å². The van der Waals surface area contributed by atoms with Gasteiger partial charge in [0.2, 0.25) is 0 Å². The number of ketones is 1. The molecule has 2 rings (SSSR count). The number of allylic oxidation sites excluding steroid dienone is 2. The van der Waals surface area contributed by atoms with Crippen molar-refractivity contribution in [1.29, 1.82) is 0 Å². The van der Waals surface area contributed by atoms with Crippen molar-refractivity contribution in [1.82, 2.24) is 0 Å². The maximum absolute atomic E-state index is 11.2. The quantitative estimate of drug-likeness (QED) is 0.765. The lowest BCUT2D eigenvalue weighted by atomic mass is 9.80. The summed E-state index contributed by atoms with van der Waals surface area (Å²) in [6.45, 7) is 8.07. The van der Waals surface area contributed by atoms with Crippen molar-refractivity contribution in [3.8, 4) is 0 Å². The predicted molar refractivity (Wildman–Crippen MR) is 74.7 cm³/mol. The van der Waals surface area contributed by atoms with Crippen LogP contribution in [-0.4, -0.2) is 24.8 Å². The molecule has 0 unspecified atom stereocenters. The van der Waals surface area contributed by atoms with Gasteiger partial charge in [-0.2, -0.15) is 0 Å². The first-order valence-corrected chi connectivity index (χ1v) is 7.50. The molecule has 1 fully saturated rings. The molecule has 1 aliphatic heterocycles. The monoisotopic (exact) mass is 266 g/mol. The van der Waals surface area contributed by atoms with Crippen LogP contribution in [0.15, 0.2) is 12.2 Å². The van der Waals surface area contributed by atoms with E-state index in [1.807, 2.05) is 0 Å². The zero-order valence-electron chi connectivity index (χ0n) is 12.4. The van der Waals surface area contributed by atoms with Crippen LogP contribution in [0.25, 0.3) is 0 Å². The summed E-state index contributed by atoms with van der Waals surface area (Å²) in [7, 11) is 0. The van der Waals surface area contributed by atoms with Gasteiger partial charge in [0.1, 0.15) is 0 Å². The zero-order valence-corrected chi connectivity index (χ0v) is 12.4. The fourth-order valence-electron chi connectivity index (χ4n) is 3.27. The van der Waals surface area contributed by atoms with E-state index in [1.54, 1.807) is 6.08 Å². The van der Waals surface area contributed by atoms with Crippen molar-refractivity contribution in [2.75, 3.05) is 13.2 Å². The molecule has 108 valence electrons. The maximum Gasteiger partial charge on any atom is 0.169 e. The van der Waals surface area contributed by atoms with Gasteiger partial charge in [-0.3, -0.25) is 4.79 Å². The topological polar surface area (TPSA) is 35.5 Å². The summed E-state index contributed by atoms with van der Waals surface area (Å²) in [6, 6.07) is 0. The second kappa shape index (κ2) is 6.19. The minimum absolute atomic E-state index is 0.258. The van der Waals surface area contributed by atoms with Crippen molar-refractivity contribution in [3.05, 3.63) is 12.2 Å². The van der Waals surface area contributed by atoms with E-state index in [2.05, 4.69) is 26.8 Å². The van der Waals surface area contributed by atoms with Crippen LogP contribution in [0, 0.1) is 17.8 Å². The highest BCUT2D eigenvalue weighted by Crippen LogP contribution is 2.37. The van der Waals surface area contributed by atoms with Crippen molar-refractivity contribution in [2.45, 2.75) is 52.2 Å². The molecule has 0 radical (unpaired) electrons. The molecule has 1 aliphatic carbocycles. The van der Waals surface area contributed by atoms with Crippen LogP contribution in [0.2, 0.25) is 0 Å². The molecule has 2 atom stereocenters. The Balaban J connectivity index is 1.97. The highest BCUT2D eigenvalue weighted by molar-refractivity contribution is 5.90. The summed E-state index contributed by atoms with van der Waals surface area (Å²) in [6.07, 6.45) is 7.35. The number of hydrogen-bond acceptors (Lipinski definition) is 3. The fourth-order valence-corrected chi connectivity index (χ4v) is 3.27. The smallest absolute Gasteiger partial charge is 0.169 e. The molecule has 0 spiro atoms. The Labute approximate surface area is 116 Å². The molecule has 2 aliphatic rings. The summed E-state index contributed by atoms with van der Waals surface area (Å²) in [5.74, 6) is 1.40. The SMILES string of the molecule is CC(C)CC1(C[C@H](C)[C@H]2C=CC(=O)CC2)OCCO1. The van der Waals surface area contributed by atoms with Gasteiger partial charge in [-0.1, -0.05) is 26.8 Å². The van der Waals surface area contributed by atoms with Gasteiger partial charge in [0.05, 0.1) is 13.2 Å². The summed E-state index contributed by atoms with van der Waals surface area (Å²) in [4.78, 5) is 11.2. The number of hydrogen-bond donors (Lipinski definition) is 0. The van der Waals surface area contributed by atoms with Crippen LogP contribution in [0.4, 0.5) is 0 Å².